The minimum Gasteiger partial charge on any atom is -0.453 e. The fourth-order valence-corrected chi connectivity index (χ4v) is 3.70. The zero-order valence-corrected chi connectivity index (χ0v) is 16.5. The number of rotatable bonds is 1. The molecule has 5 heteroatoms. The van der Waals surface area contributed by atoms with Crippen molar-refractivity contribution in [2.45, 2.75) is 13.8 Å². The first-order chi connectivity index (χ1) is 13.1. The van der Waals surface area contributed by atoms with Gasteiger partial charge in [-0.1, -0.05) is 24.3 Å². The average molecular weight is 390 g/mol. The molecule has 5 rings (SSSR count). The van der Waals surface area contributed by atoms with Gasteiger partial charge in [0.15, 0.2) is 11.3 Å². The van der Waals surface area contributed by atoms with Gasteiger partial charge in [0.05, 0.1) is 5.36 Å². The summed E-state index contributed by atoms with van der Waals surface area (Å²) in [6, 6.07) is 18.4. The van der Waals surface area contributed by atoms with Crippen molar-refractivity contribution in [2.75, 3.05) is 12.3 Å². The monoisotopic (exact) mass is 389 g/mol. The van der Waals surface area contributed by atoms with E-state index in [0.29, 0.717) is 11.3 Å². The number of aryl methyl sites for hydroxylation is 1. The average Bonchev–Trinajstić information content (AvgIpc) is 2.67. The second kappa shape index (κ2) is 6.80. The van der Waals surface area contributed by atoms with E-state index in [2.05, 4.69) is 36.2 Å². The lowest BCUT2D eigenvalue weighted by Gasteiger charge is -2.12. The molecule has 4 nitrogen and oxygen atoms in total. The number of hydrogen-bond donors (Lipinski definition) is 1. The Morgan fingerprint density at radius 2 is 1.71 bits per heavy atom. The van der Waals surface area contributed by atoms with Crippen LogP contribution >= 0.6 is 12.4 Å². The van der Waals surface area contributed by atoms with Crippen LogP contribution in [-0.4, -0.2) is 11.5 Å². The van der Waals surface area contributed by atoms with Crippen LogP contribution in [0.5, 0.6) is 0 Å². The number of halogens is 1. The van der Waals surface area contributed by atoms with E-state index in [4.69, 9.17) is 15.1 Å². The van der Waals surface area contributed by atoms with Crippen molar-refractivity contribution < 1.29 is 4.42 Å². The van der Waals surface area contributed by atoms with Gasteiger partial charge in [0.1, 0.15) is 11.2 Å². The van der Waals surface area contributed by atoms with Gasteiger partial charge >= 0.3 is 0 Å². The molecule has 140 valence electrons. The van der Waals surface area contributed by atoms with Crippen molar-refractivity contribution in [2.24, 2.45) is 4.99 Å². The molecule has 0 atom stereocenters. The van der Waals surface area contributed by atoms with E-state index in [1.54, 1.807) is 0 Å². The summed E-state index contributed by atoms with van der Waals surface area (Å²) < 4.78 is 6.19. The summed E-state index contributed by atoms with van der Waals surface area (Å²) in [5.74, 6) is 0.722. The van der Waals surface area contributed by atoms with Gasteiger partial charge in [-0.3, -0.25) is 4.99 Å². The topological polar surface area (TPSA) is 64.4 Å². The van der Waals surface area contributed by atoms with Gasteiger partial charge in [-0.05, 0) is 48.4 Å². The molecule has 2 N–H and O–H groups in total. The quantitative estimate of drug-likeness (QED) is 0.235. The van der Waals surface area contributed by atoms with Crippen LogP contribution in [0.2, 0.25) is 0 Å². The molecule has 0 saturated heterocycles. The zero-order valence-electron chi connectivity index (χ0n) is 15.7. The van der Waals surface area contributed by atoms with E-state index >= 15 is 0 Å². The summed E-state index contributed by atoms with van der Waals surface area (Å²) in [5.41, 5.74) is 10.5. The second-order valence-corrected chi connectivity index (χ2v) is 6.85. The smallest absolute Gasteiger partial charge is 0.155 e. The molecule has 0 radical (unpaired) electrons. The van der Waals surface area contributed by atoms with Crippen molar-refractivity contribution in [3.05, 3.63) is 65.5 Å². The van der Waals surface area contributed by atoms with Crippen molar-refractivity contribution in [3.8, 4) is 11.5 Å². The van der Waals surface area contributed by atoms with Gasteiger partial charge in [0.2, 0.25) is 0 Å². The Hall–Kier alpha value is -3.11. The first kappa shape index (κ1) is 18.3. The molecule has 2 aliphatic rings. The van der Waals surface area contributed by atoms with E-state index in [0.717, 1.165) is 56.0 Å². The number of benzene rings is 4. The fraction of sp³-hybridized carbons (Fsp3) is 0.130. The molecular weight excluding hydrogens is 370 g/mol. The predicted octanol–water partition coefficient (Wildman–Crippen LogP) is 5.47. The summed E-state index contributed by atoms with van der Waals surface area (Å²) in [7, 11) is 0. The van der Waals surface area contributed by atoms with Gasteiger partial charge in [0.25, 0.3) is 0 Å². The molecule has 28 heavy (non-hydrogen) atoms. The Bertz CT molecular complexity index is 1390. The van der Waals surface area contributed by atoms with Gasteiger partial charge in [-0.2, -0.15) is 0 Å². The Labute approximate surface area is 168 Å². The Morgan fingerprint density at radius 1 is 1.00 bits per heavy atom. The summed E-state index contributed by atoms with van der Waals surface area (Å²) in [4.78, 5) is 9.45. The van der Waals surface area contributed by atoms with E-state index in [9.17, 15) is 0 Å². The molecule has 3 aromatic rings. The lowest BCUT2D eigenvalue weighted by molar-refractivity contribution is 0.612. The molecule has 3 aromatic carbocycles. The maximum Gasteiger partial charge on any atom is 0.155 e. The van der Waals surface area contributed by atoms with Crippen LogP contribution in [0.3, 0.4) is 0 Å². The van der Waals surface area contributed by atoms with E-state index in [1.807, 2.05) is 37.3 Å². The predicted molar refractivity (Wildman–Crippen MR) is 118 cm³/mol. The molecule has 1 heterocycles. The first-order valence-corrected chi connectivity index (χ1v) is 9.11. The van der Waals surface area contributed by atoms with Crippen molar-refractivity contribution >= 4 is 50.7 Å². The molecule has 0 bridgehead atoms. The van der Waals surface area contributed by atoms with Crippen LogP contribution < -0.4 is 11.1 Å². The van der Waals surface area contributed by atoms with Crippen LogP contribution in [0, 0.1) is 6.92 Å². The minimum absolute atomic E-state index is 0. The second-order valence-electron chi connectivity index (χ2n) is 6.85. The van der Waals surface area contributed by atoms with Gasteiger partial charge in [-0.25, -0.2) is 4.98 Å². The van der Waals surface area contributed by atoms with Gasteiger partial charge in [-0.15, -0.1) is 12.4 Å². The molecule has 0 unspecified atom stereocenters. The highest BCUT2D eigenvalue weighted by Crippen LogP contribution is 2.35. The normalized spacial score (nSPS) is 12.1. The summed E-state index contributed by atoms with van der Waals surface area (Å²) >= 11 is 0. The van der Waals surface area contributed by atoms with Crippen molar-refractivity contribution in [3.63, 3.8) is 0 Å². The number of anilines is 1. The number of nitrogens with zero attached hydrogens (tertiary/aromatic N) is 2. The van der Waals surface area contributed by atoms with Crippen LogP contribution in [0.25, 0.3) is 44.1 Å². The van der Waals surface area contributed by atoms with E-state index < -0.39 is 0 Å². The lowest BCUT2D eigenvalue weighted by Crippen LogP contribution is -2.09. The fourth-order valence-electron chi connectivity index (χ4n) is 3.70. The maximum absolute atomic E-state index is 6.35. The number of nitrogen functional groups attached to an aromatic ring is 1. The van der Waals surface area contributed by atoms with Crippen molar-refractivity contribution in [1.82, 2.24) is 4.98 Å². The standard InChI is InChI=1S/C23H19N3O.ClH/c1-3-25-19-12-21-20(8-13(19)2)26-23-17-10-15-7-5-4-6-14(15)9-16(17)18(24)11-22(23)27-21;/h4-12H,3,24H2,1-2H3;1H. The highest BCUT2D eigenvalue weighted by atomic mass is 35.5. The lowest BCUT2D eigenvalue weighted by atomic mass is 10.0. The van der Waals surface area contributed by atoms with Crippen molar-refractivity contribution in [1.29, 1.82) is 0 Å². The molecule has 0 aromatic heterocycles. The first-order valence-electron chi connectivity index (χ1n) is 9.11. The maximum atomic E-state index is 6.35. The molecule has 1 aliphatic heterocycles. The van der Waals surface area contributed by atoms with Crippen LogP contribution in [0.1, 0.15) is 12.5 Å². The number of fused-ring (bicyclic) bond motifs is 5. The number of aromatic nitrogens is 1. The largest absolute Gasteiger partial charge is 0.453 e. The summed E-state index contributed by atoms with van der Waals surface area (Å²) in [5, 5.41) is 5.27. The summed E-state index contributed by atoms with van der Waals surface area (Å²) in [6.07, 6.45) is 0. The van der Waals surface area contributed by atoms with Gasteiger partial charge in [0, 0.05) is 35.1 Å². The zero-order chi connectivity index (χ0) is 18.5. The third-order valence-electron chi connectivity index (χ3n) is 5.03. The highest BCUT2D eigenvalue weighted by Gasteiger charge is 2.14. The third-order valence-corrected chi connectivity index (χ3v) is 5.03. The van der Waals surface area contributed by atoms with Crippen LogP contribution in [0.4, 0.5) is 5.69 Å². The van der Waals surface area contributed by atoms with Gasteiger partial charge < -0.3 is 10.2 Å². The highest BCUT2D eigenvalue weighted by molar-refractivity contribution is 6.14. The molecular formula is C23H20ClN3O. The Morgan fingerprint density at radius 3 is 2.43 bits per heavy atom. The van der Waals surface area contributed by atoms with Crippen LogP contribution in [-0.2, 0) is 0 Å². The Kier molecular flexibility index (Phi) is 4.44. The molecule has 0 spiro atoms. The Balaban J connectivity index is 0.00000192. The van der Waals surface area contributed by atoms with E-state index in [-0.39, 0.29) is 12.4 Å². The molecule has 0 fully saturated rings. The summed E-state index contributed by atoms with van der Waals surface area (Å²) in [6.45, 7) is 4.81. The molecule has 0 saturated carbocycles. The number of nitrogens with two attached hydrogens (primary N) is 1. The SMILES string of the molecule is CCN=c1cc2oc3cc(N)c4cc5ccccc5cc4c3nc-2cc1C.Cl. The molecule has 1 aliphatic carbocycles. The number of hydrogen-bond acceptors (Lipinski definition) is 4. The minimum atomic E-state index is 0. The van der Waals surface area contributed by atoms with E-state index in [1.165, 1.54) is 0 Å². The third kappa shape index (κ3) is 2.77. The van der Waals surface area contributed by atoms with Crippen LogP contribution in [0.15, 0.2) is 64.0 Å². The molecule has 0 amide bonds.